The Bertz CT molecular complexity index is 722. The highest BCUT2D eigenvalue weighted by molar-refractivity contribution is 5.78. The van der Waals surface area contributed by atoms with Gasteiger partial charge in [0.15, 0.2) is 11.5 Å². The molecule has 0 fully saturated rings. The first-order valence-corrected chi connectivity index (χ1v) is 8.77. The van der Waals surface area contributed by atoms with E-state index < -0.39 is 0 Å². The molecule has 0 saturated carbocycles. The van der Waals surface area contributed by atoms with Crippen LogP contribution in [0, 0.1) is 0 Å². The summed E-state index contributed by atoms with van der Waals surface area (Å²) >= 11 is 0. The van der Waals surface area contributed by atoms with Crippen molar-refractivity contribution in [1.29, 1.82) is 0 Å². The van der Waals surface area contributed by atoms with E-state index in [9.17, 15) is 15.0 Å². The van der Waals surface area contributed by atoms with Crippen LogP contribution in [0.5, 0.6) is 23.0 Å². The summed E-state index contributed by atoms with van der Waals surface area (Å²) in [5.41, 5.74) is 1.84. The van der Waals surface area contributed by atoms with E-state index in [2.05, 4.69) is 0 Å². The van der Waals surface area contributed by atoms with Gasteiger partial charge in [-0.05, 0) is 55.0 Å². The first-order chi connectivity index (χ1) is 12.5. The molecule has 0 unspecified atom stereocenters. The van der Waals surface area contributed by atoms with Gasteiger partial charge in [0.05, 0.1) is 14.2 Å². The molecular formula is C21H26O5. The molecule has 5 nitrogen and oxygen atoms in total. The maximum absolute atomic E-state index is 12.1. The lowest BCUT2D eigenvalue weighted by molar-refractivity contribution is -0.119. The van der Waals surface area contributed by atoms with Crippen molar-refractivity contribution >= 4 is 5.78 Å². The second-order valence-corrected chi connectivity index (χ2v) is 6.22. The number of aryl methyl sites for hydroxylation is 2. The van der Waals surface area contributed by atoms with Gasteiger partial charge in [-0.2, -0.15) is 0 Å². The van der Waals surface area contributed by atoms with Gasteiger partial charge in [0.1, 0.15) is 11.5 Å². The van der Waals surface area contributed by atoms with Gasteiger partial charge in [-0.25, -0.2) is 0 Å². The number of unbranched alkanes of at least 4 members (excludes halogenated alkanes) is 1. The van der Waals surface area contributed by atoms with E-state index >= 15 is 0 Å². The number of hydrogen-bond acceptors (Lipinski definition) is 5. The molecule has 0 aromatic heterocycles. The summed E-state index contributed by atoms with van der Waals surface area (Å²) < 4.78 is 10.1. The van der Waals surface area contributed by atoms with E-state index in [0.717, 1.165) is 25.0 Å². The molecule has 26 heavy (non-hydrogen) atoms. The van der Waals surface area contributed by atoms with Crippen molar-refractivity contribution in [2.24, 2.45) is 0 Å². The molecule has 0 spiro atoms. The Kier molecular flexibility index (Phi) is 7.33. The number of hydrogen-bond donors (Lipinski definition) is 2. The minimum Gasteiger partial charge on any atom is -0.504 e. The molecule has 0 aliphatic rings. The van der Waals surface area contributed by atoms with Crippen LogP contribution < -0.4 is 9.47 Å². The van der Waals surface area contributed by atoms with Gasteiger partial charge < -0.3 is 19.7 Å². The lowest BCUT2D eigenvalue weighted by atomic mass is 10.0. The van der Waals surface area contributed by atoms with E-state index in [1.165, 1.54) is 18.7 Å². The second-order valence-electron chi connectivity index (χ2n) is 6.22. The van der Waals surface area contributed by atoms with Crippen LogP contribution in [0.4, 0.5) is 0 Å². The molecule has 0 heterocycles. The number of aromatic hydroxyl groups is 2. The van der Waals surface area contributed by atoms with Gasteiger partial charge in [0.25, 0.3) is 0 Å². The Morgan fingerprint density at radius 1 is 0.885 bits per heavy atom. The molecular weight excluding hydrogens is 332 g/mol. The summed E-state index contributed by atoms with van der Waals surface area (Å²) in [5.74, 6) is 0.858. The summed E-state index contributed by atoms with van der Waals surface area (Å²) in [4.78, 5) is 12.1. The van der Waals surface area contributed by atoms with Crippen LogP contribution in [-0.4, -0.2) is 30.2 Å². The molecule has 0 amide bonds. The van der Waals surface area contributed by atoms with Crippen molar-refractivity contribution in [2.75, 3.05) is 14.2 Å². The maximum atomic E-state index is 12.1. The summed E-state index contributed by atoms with van der Waals surface area (Å²) in [5, 5.41) is 19.7. The fourth-order valence-electron chi connectivity index (χ4n) is 2.85. The van der Waals surface area contributed by atoms with Crippen LogP contribution in [0.25, 0.3) is 0 Å². The SMILES string of the molecule is COc1ccc(CCCCC(=O)CCc2ccc(O)c(OC)c2O)cc1. The third-order valence-corrected chi connectivity index (χ3v) is 4.40. The number of benzene rings is 2. The average Bonchev–Trinajstić information content (AvgIpc) is 2.65. The molecule has 140 valence electrons. The van der Waals surface area contributed by atoms with Crippen LogP contribution in [0.15, 0.2) is 36.4 Å². The fraction of sp³-hybridized carbons (Fsp3) is 0.381. The predicted octanol–water partition coefficient (Wildman–Crippen LogP) is 4.03. The molecule has 0 bridgehead atoms. The quantitative estimate of drug-likeness (QED) is 0.627. The summed E-state index contributed by atoms with van der Waals surface area (Å²) in [6, 6.07) is 11.1. The zero-order valence-corrected chi connectivity index (χ0v) is 15.3. The minimum absolute atomic E-state index is 0.0504. The molecule has 2 aromatic carbocycles. The first-order valence-electron chi connectivity index (χ1n) is 8.77. The molecule has 0 saturated heterocycles. The number of methoxy groups -OCH3 is 2. The Morgan fingerprint density at radius 2 is 1.62 bits per heavy atom. The second kappa shape index (κ2) is 9.70. The molecule has 0 aliphatic carbocycles. The van der Waals surface area contributed by atoms with Crippen LogP contribution in [0.3, 0.4) is 0 Å². The van der Waals surface area contributed by atoms with Gasteiger partial charge >= 0.3 is 0 Å². The number of ketones is 1. The fourth-order valence-corrected chi connectivity index (χ4v) is 2.85. The molecule has 2 N–H and O–H groups in total. The molecule has 5 heteroatoms. The van der Waals surface area contributed by atoms with E-state index in [-0.39, 0.29) is 23.0 Å². The molecule has 2 rings (SSSR count). The van der Waals surface area contributed by atoms with Crippen molar-refractivity contribution in [3.63, 3.8) is 0 Å². The van der Waals surface area contributed by atoms with Crippen LogP contribution in [-0.2, 0) is 17.6 Å². The van der Waals surface area contributed by atoms with E-state index in [1.807, 2.05) is 24.3 Å². The van der Waals surface area contributed by atoms with E-state index in [0.29, 0.717) is 24.8 Å². The van der Waals surface area contributed by atoms with Crippen LogP contribution >= 0.6 is 0 Å². The van der Waals surface area contributed by atoms with Crippen molar-refractivity contribution in [3.05, 3.63) is 47.5 Å². The lowest BCUT2D eigenvalue weighted by Crippen LogP contribution is -2.01. The van der Waals surface area contributed by atoms with Crippen molar-refractivity contribution in [1.82, 2.24) is 0 Å². The normalized spacial score (nSPS) is 10.5. The zero-order chi connectivity index (χ0) is 18.9. The number of phenols is 2. The smallest absolute Gasteiger partial charge is 0.203 e. The predicted molar refractivity (Wildman–Crippen MR) is 100 cm³/mol. The highest BCUT2D eigenvalue weighted by Gasteiger charge is 2.13. The van der Waals surface area contributed by atoms with E-state index in [4.69, 9.17) is 9.47 Å². The highest BCUT2D eigenvalue weighted by Crippen LogP contribution is 2.38. The number of rotatable bonds is 10. The summed E-state index contributed by atoms with van der Waals surface area (Å²) in [6.45, 7) is 0. The summed E-state index contributed by atoms with van der Waals surface area (Å²) in [6.07, 6.45) is 4.06. The first kappa shape index (κ1) is 19.6. The van der Waals surface area contributed by atoms with Crippen LogP contribution in [0.1, 0.15) is 36.8 Å². The summed E-state index contributed by atoms with van der Waals surface area (Å²) in [7, 11) is 3.03. The van der Waals surface area contributed by atoms with Crippen molar-refractivity contribution < 1.29 is 24.5 Å². The lowest BCUT2D eigenvalue weighted by Gasteiger charge is -2.10. The minimum atomic E-state index is -0.112. The monoisotopic (exact) mass is 358 g/mol. The Hall–Kier alpha value is -2.69. The molecule has 0 radical (unpaired) electrons. The van der Waals surface area contributed by atoms with Gasteiger partial charge in [0.2, 0.25) is 5.75 Å². The van der Waals surface area contributed by atoms with Gasteiger partial charge in [-0.15, -0.1) is 0 Å². The average molecular weight is 358 g/mol. The van der Waals surface area contributed by atoms with Crippen molar-refractivity contribution in [2.45, 2.75) is 38.5 Å². The largest absolute Gasteiger partial charge is 0.504 e. The zero-order valence-electron chi connectivity index (χ0n) is 15.3. The number of Topliss-reactive ketones (excluding diaryl/α,β-unsaturated/α-hetero) is 1. The van der Waals surface area contributed by atoms with Gasteiger partial charge in [-0.1, -0.05) is 18.2 Å². The molecule has 0 aliphatic heterocycles. The van der Waals surface area contributed by atoms with E-state index in [1.54, 1.807) is 13.2 Å². The number of phenolic OH excluding ortho intramolecular Hbond substituents is 2. The van der Waals surface area contributed by atoms with Crippen LogP contribution in [0.2, 0.25) is 0 Å². The third-order valence-electron chi connectivity index (χ3n) is 4.40. The number of ether oxygens (including phenoxy) is 2. The van der Waals surface area contributed by atoms with Crippen molar-refractivity contribution in [3.8, 4) is 23.0 Å². The topological polar surface area (TPSA) is 76.0 Å². The Labute approximate surface area is 154 Å². The Morgan fingerprint density at radius 3 is 2.27 bits per heavy atom. The number of carbonyl (C=O) groups excluding carboxylic acids is 1. The van der Waals surface area contributed by atoms with Gasteiger partial charge in [0, 0.05) is 12.8 Å². The standard InChI is InChI=1S/C21H26O5/c1-25-18-12-7-15(8-13-18)5-3-4-6-17(22)11-9-16-10-14-19(23)21(26-2)20(16)24/h7-8,10,12-14,23-24H,3-6,9,11H2,1-2H3. The highest BCUT2D eigenvalue weighted by atomic mass is 16.5. The Balaban J connectivity index is 1.72. The van der Waals surface area contributed by atoms with Gasteiger partial charge in [-0.3, -0.25) is 4.79 Å². The third kappa shape index (κ3) is 5.41. The molecule has 2 aromatic rings. The molecule has 0 atom stereocenters. The maximum Gasteiger partial charge on any atom is 0.203 e. The number of carbonyl (C=O) groups is 1.